The normalized spacial score (nSPS) is 17.2. The number of amides is 1. The molecule has 2 rings (SSSR count). The molecule has 1 aliphatic rings. The van der Waals surface area contributed by atoms with Crippen LogP contribution in [-0.4, -0.2) is 16.9 Å². The minimum Gasteiger partial charge on any atom is -0.336 e. The van der Waals surface area contributed by atoms with E-state index in [-0.39, 0.29) is 22.1 Å². The Morgan fingerprint density at radius 1 is 1.30 bits per heavy atom. The maximum atomic E-state index is 12.2. The Hall–Kier alpha value is -1.31. The number of halogens is 2. The largest absolute Gasteiger partial charge is 0.336 e. The van der Waals surface area contributed by atoms with Gasteiger partial charge in [-0.2, -0.15) is 5.26 Å². The van der Waals surface area contributed by atoms with Gasteiger partial charge >= 0.3 is 0 Å². The molecule has 0 saturated heterocycles. The van der Waals surface area contributed by atoms with E-state index >= 15 is 0 Å². The molecule has 20 heavy (non-hydrogen) atoms. The second kappa shape index (κ2) is 6.92. The van der Waals surface area contributed by atoms with Gasteiger partial charge < -0.3 is 5.32 Å². The molecule has 1 saturated carbocycles. The number of carbonyl (C=O) groups is 1. The molecule has 1 N–H and O–H groups in total. The van der Waals surface area contributed by atoms with Gasteiger partial charge in [-0.25, -0.2) is 4.98 Å². The minimum atomic E-state index is -0.464. The molecule has 1 aliphatic carbocycles. The number of aromatic nitrogens is 1. The van der Waals surface area contributed by atoms with Crippen molar-refractivity contribution in [1.82, 2.24) is 10.3 Å². The van der Waals surface area contributed by atoms with E-state index in [9.17, 15) is 10.1 Å². The van der Waals surface area contributed by atoms with Crippen molar-refractivity contribution in [3.8, 4) is 6.07 Å². The van der Waals surface area contributed by atoms with Gasteiger partial charge in [0.1, 0.15) is 16.3 Å². The van der Waals surface area contributed by atoms with Gasteiger partial charge in [0, 0.05) is 5.56 Å². The highest BCUT2D eigenvalue weighted by Crippen LogP contribution is 2.26. The number of hydrogen-bond acceptors (Lipinski definition) is 3. The molecule has 1 amide bonds. The molecule has 1 atom stereocenters. The lowest BCUT2D eigenvalue weighted by molar-refractivity contribution is 0.0929. The molecular formula is C14H15Cl2N3O. The van der Waals surface area contributed by atoms with Gasteiger partial charge in [0.05, 0.1) is 6.07 Å². The molecule has 4 nitrogen and oxygen atoms in total. The lowest BCUT2D eigenvalue weighted by atomic mass is 9.84. The quantitative estimate of drug-likeness (QED) is 0.867. The second-order valence-corrected chi connectivity index (χ2v) is 5.75. The summed E-state index contributed by atoms with van der Waals surface area (Å²) in [6, 6.07) is 4.61. The summed E-state index contributed by atoms with van der Waals surface area (Å²) in [6.45, 7) is 0. The fourth-order valence-electron chi connectivity index (χ4n) is 2.54. The summed E-state index contributed by atoms with van der Waals surface area (Å²) in [5, 5.41) is 12.3. The molecule has 1 heterocycles. The Balaban J connectivity index is 2.07. The fourth-order valence-corrected chi connectivity index (χ4v) is 3.00. The van der Waals surface area contributed by atoms with Crippen LogP contribution >= 0.6 is 23.2 Å². The molecule has 106 valence electrons. The molecule has 1 aromatic heterocycles. The minimum absolute atomic E-state index is 0.161. The van der Waals surface area contributed by atoms with Crippen LogP contribution in [0.25, 0.3) is 0 Å². The highest BCUT2D eigenvalue weighted by molar-refractivity contribution is 6.33. The smallest absolute Gasteiger partial charge is 0.252 e. The Morgan fingerprint density at radius 2 is 1.90 bits per heavy atom. The zero-order chi connectivity index (χ0) is 14.5. The van der Waals surface area contributed by atoms with E-state index in [0.717, 1.165) is 25.7 Å². The van der Waals surface area contributed by atoms with E-state index in [2.05, 4.69) is 16.4 Å². The first-order chi connectivity index (χ1) is 9.60. The second-order valence-electron chi connectivity index (χ2n) is 4.98. The van der Waals surface area contributed by atoms with E-state index < -0.39 is 6.04 Å². The Bertz CT molecular complexity index is 515. The van der Waals surface area contributed by atoms with Crippen LogP contribution in [0.3, 0.4) is 0 Å². The molecule has 0 radical (unpaired) electrons. The number of rotatable bonds is 3. The third-order valence-corrected chi connectivity index (χ3v) is 3.96. The summed E-state index contributed by atoms with van der Waals surface area (Å²) >= 11 is 11.5. The van der Waals surface area contributed by atoms with Gasteiger partial charge in [-0.1, -0.05) is 42.5 Å². The number of pyridine rings is 1. The van der Waals surface area contributed by atoms with Crippen LogP contribution < -0.4 is 5.32 Å². The van der Waals surface area contributed by atoms with Crippen molar-refractivity contribution in [3.63, 3.8) is 0 Å². The van der Waals surface area contributed by atoms with Crippen LogP contribution in [0.5, 0.6) is 0 Å². The predicted molar refractivity (Wildman–Crippen MR) is 77.7 cm³/mol. The van der Waals surface area contributed by atoms with E-state index in [1.807, 2.05) is 0 Å². The first-order valence-electron chi connectivity index (χ1n) is 6.63. The molecule has 1 fully saturated rings. The zero-order valence-electron chi connectivity index (χ0n) is 10.9. The zero-order valence-corrected chi connectivity index (χ0v) is 12.4. The van der Waals surface area contributed by atoms with Crippen LogP contribution in [0.15, 0.2) is 12.1 Å². The number of nitriles is 1. The molecule has 0 bridgehead atoms. The Labute approximate surface area is 128 Å². The molecule has 1 aromatic rings. The first-order valence-corrected chi connectivity index (χ1v) is 7.39. The third-order valence-electron chi connectivity index (χ3n) is 3.57. The maximum Gasteiger partial charge on any atom is 0.252 e. The van der Waals surface area contributed by atoms with Crippen molar-refractivity contribution < 1.29 is 4.79 Å². The standard InChI is InChI=1S/C14H15Cl2N3O/c15-12-6-10(7-13(16)19-12)14(20)18-11(8-17)9-4-2-1-3-5-9/h6-7,9,11H,1-5H2,(H,18,20). The lowest BCUT2D eigenvalue weighted by Crippen LogP contribution is -2.40. The van der Waals surface area contributed by atoms with E-state index in [1.54, 1.807) is 0 Å². The van der Waals surface area contributed by atoms with Crippen molar-refractivity contribution in [3.05, 3.63) is 28.0 Å². The van der Waals surface area contributed by atoms with Crippen molar-refractivity contribution in [2.75, 3.05) is 0 Å². The van der Waals surface area contributed by atoms with Crippen LogP contribution in [0.4, 0.5) is 0 Å². The van der Waals surface area contributed by atoms with Gasteiger partial charge in [0.25, 0.3) is 5.91 Å². The average molecular weight is 312 g/mol. The van der Waals surface area contributed by atoms with Crippen molar-refractivity contribution in [2.24, 2.45) is 5.92 Å². The number of nitrogens with one attached hydrogen (secondary N) is 1. The molecule has 0 aromatic carbocycles. The van der Waals surface area contributed by atoms with E-state index in [0.29, 0.717) is 5.56 Å². The third kappa shape index (κ3) is 3.84. The summed E-state index contributed by atoms with van der Waals surface area (Å²) in [6.07, 6.45) is 5.40. The summed E-state index contributed by atoms with van der Waals surface area (Å²) in [5.41, 5.74) is 0.325. The van der Waals surface area contributed by atoms with Crippen LogP contribution in [0.1, 0.15) is 42.5 Å². The maximum absolute atomic E-state index is 12.2. The van der Waals surface area contributed by atoms with Crippen LogP contribution in [0, 0.1) is 17.2 Å². The molecule has 0 spiro atoms. The van der Waals surface area contributed by atoms with Crippen LogP contribution in [0.2, 0.25) is 10.3 Å². The topological polar surface area (TPSA) is 65.8 Å². The van der Waals surface area contributed by atoms with Gasteiger partial charge in [-0.15, -0.1) is 0 Å². The lowest BCUT2D eigenvalue weighted by Gasteiger charge is -2.26. The fraction of sp³-hybridized carbons (Fsp3) is 0.500. The predicted octanol–water partition coefficient (Wildman–Crippen LogP) is 3.59. The van der Waals surface area contributed by atoms with Gasteiger partial charge in [-0.05, 0) is 30.9 Å². The summed E-state index contributed by atoms with van der Waals surface area (Å²) in [4.78, 5) is 15.9. The molecule has 1 unspecified atom stereocenters. The summed E-state index contributed by atoms with van der Waals surface area (Å²) < 4.78 is 0. The van der Waals surface area contributed by atoms with Crippen molar-refractivity contribution in [1.29, 1.82) is 5.26 Å². The number of hydrogen-bond donors (Lipinski definition) is 1. The highest BCUT2D eigenvalue weighted by Gasteiger charge is 2.25. The molecule has 6 heteroatoms. The SMILES string of the molecule is N#CC(NC(=O)c1cc(Cl)nc(Cl)c1)C1CCCCC1. The van der Waals surface area contributed by atoms with E-state index in [1.165, 1.54) is 18.6 Å². The van der Waals surface area contributed by atoms with Gasteiger partial charge in [0.2, 0.25) is 0 Å². The molecule has 0 aliphatic heterocycles. The Morgan fingerprint density at radius 3 is 2.45 bits per heavy atom. The monoisotopic (exact) mass is 311 g/mol. The molecular weight excluding hydrogens is 297 g/mol. The van der Waals surface area contributed by atoms with Crippen molar-refractivity contribution in [2.45, 2.75) is 38.1 Å². The van der Waals surface area contributed by atoms with Crippen molar-refractivity contribution >= 4 is 29.1 Å². The van der Waals surface area contributed by atoms with E-state index in [4.69, 9.17) is 23.2 Å². The average Bonchev–Trinajstić information content (AvgIpc) is 2.44. The first kappa shape index (κ1) is 15.1. The van der Waals surface area contributed by atoms with Gasteiger partial charge in [0.15, 0.2) is 0 Å². The Kier molecular flexibility index (Phi) is 5.22. The highest BCUT2D eigenvalue weighted by atomic mass is 35.5. The summed E-state index contributed by atoms with van der Waals surface area (Å²) in [5.74, 6) is -0.112. The number of carbonyl (C=O) groups excluding carboxylic acids is 1. The van der Waals surface area contributed by atoms with Gasteiger partial charge in [-0.3, -0.25) is 4.79 Å². The number of nitrogens with zero attached hydrogens (tertiary/aromatic N) is 2. The van der Waals surface area contributed by atoms with Crippen LogP contribution in [-0.2, 0) is 0 Å². The summed E-state index contributed by atoms with van der Waals surface area (Å²) in [7, 11) is 0.